The van der Waals surface area contributed by atoms with Crippen molar-refractivity contribution in [3.05, 3.63) is 24.3 Å². The van der Waals surface area contributed by atoms with Crippen LogP contribution in [0, 0.1) is 0 Å². The van der Waals surface area contributed by atoms with Crippen molar-refractivity contribution in [1.82, 2.24) is 0 Å². The van der Waals surface area contributed by atoms with Crippen LogP contribution in [0.1, 0.15) is 65.2 Å². The minimum Gasteiger partial charge on any atom is -0.295 e. The monoisotopic (exact) mass is 250 g/mol. The number of ketones is 2. The Balaban J connectivity index is 3.72. The summed E-state index contributed by atoms with van der Waals surface area (Å²) in [6.45, 7) is 4.24. The van der Waals surface area contributed by atoms with Crippen LogP contribution in [0.25, 0.3) is 0 Å². The van der Waals surface area contributed by atoms with Crippen molar-refractivity contribution in [2.24, 2.45) is 0 Å². The van der Waals surface area contributed by atoms with Gasteiger partial charge in [0.05, 0.1) is 0 Å². The summed E-state index contributed by atoms with van der Waals surface area (Å²) in [5, 5.41) is 0. The van der Waals surface area contributed by atoms with E-state index in [1.165, 1.54) is 0 Å². The van der Waals surface area contributed by atoms with Gasteiger partial charge in [0.1, 0.15) is 0 Å². The lowest BCUT2D eigenvalue weighted by atomic mass is 10.1. The molecule has 102 valence electrons. The first-order valence-electron chi connectivity index (χ1n) is 7.11. The Labute approximate surface area is 111 Å². The maximum absolute atomic E-state index is 11.4. The molecule has 0 amide bonds. The maximum atomic E-state index is 11.4. The van der Waals surface area contributed by atoms with Crippen LogP contribution < -0.4 is 0 Å². The lowest BCUT2D eigenvalue weighted by Gasteiger charge is -1.93. The SMILES string of the molecule is CCCCCC(=O)/C=C/C=C/C(=O)CCCCC. The molecule has 0 fully saturated rings. The molecule has 0 aromatic heterocycles. The molecular formula is C16H26O2. The molecule has 0 aliphatic carbocycles. The zero-order chi connectivity index (χ0) is 13.6. The molecular weight excluding hydrogens is 224 g/mol. The second-order valence-corrected chi connectivity index (χ2v) is 4.57. The van der Waals surface area contributed by atoms with Crippen LogP contribution in [-0.2, 0) is 9.59 Å². The van der Waals surface area contributed by atoms with E-state index < -0.39 is 0 Å². The molecule has 2 nitrogen and oxygen atoms in total. The normalized spacial score (nSPS) is 11.4. The number of hydrogen-bond donors (Lipinski definition) is 0. The fourth-order valence-corrected chi connectivity index (χ4v) is 1.59. The van der Waals surface area contributed by atoms with Gasteiger partial charge in [-0.25, -0.2) is 0 Å². The Morgan fingerprint density at radius 3 is 1.44 bits per heavy atom. The van der Waals surface area contributed by atoms with E-state index in [9.17, 15) is 9.59 Å². The van der Waals surface area contributed by atoms with Crippen molar-refractivity contribution in [1.29, 1.82) is 0 Å². The standard InChI is InChI=1S/C16H26O2/c1-3-5-7-11-15(17)13-9-10-14-16(18)12-8-6-4-2/h9-10,13-14H,3-8,11-12H2,1-2H3/b13-9+,14-10+. The maximum Gasteiger partial charge on any atom is 0.155 e. The van der Waals surface area contributed by atoms with E-state index in [1.54, 1.807) is 24.3 Å². The lowest BCUT2D eigenvalue weighted by Crippen LogP contribution is -1.92. The molecule has 0 aliphatic rings. The molecule has 0 spiro atoms. The van der Waals surface area contributed by atoms with Crippen molar-refractivity contribution in [2.45, 2.75) is 65.2 Å². The first kappa shape index (κ1) is 16.8. The molecule has 18 heavy (non-hydrogen) atoms. The predicted molar refractivity (Wildman–Crippen MR) is 76.6 cm³/mol. The molecule has 0 unspecified atom stereocenters. The first-order valence-corrected chi connectivity index (χ1v) is 7.11. The van der Waals surface area contributed by atoms with Crippen molar-refractivity contribution in [3.63, 3.8) is 0 Å². The molecule has 0 radical (unpaired) electrons. The Morgan fingerprint density at radius 2 is 1.11 bits per heavy atom. The minimum atomic E-state index is 0.145. The smallest absolute Gasteiger partial charge is 0.155 e. The van der Waals surface area contributed by atoms with Gasteiger partial charge in [-0.1, -0.05) is 51.7 Å². The van der Waals surface area contributed by atoms with E-state index in [1.807, 2.05) is 0 Å². The van der Waals surface area contributed by atoms with Gasteiger partial charge < -0.3 is 0 Å². The fourth-order valence-electron chi connectivity index (χ4n) is 1.59. The van der Waals surface area contributed by atoms with E-state index in [4.69, 9.17) is 0 Å². The molecule has 0 aliphatic heterocycles. The third-order valence-corrected chi connectivity index (χ3v) is 2.73. The summed E-state index contributed by atoms with van der Waals surface area (Å²) >= 11 is 0. The zero-order valence-corrected chi connectivity index (χ0v) is 11.8. The zero-order valence-electron chi connectivity index (χ0n) is 11.8. The first-order chi connectivity index (χ1) is 8.70. The summed E-state index contributed by atoms with van der Waals surface area (Å²) < 4.78 is 0. The summed E-state index contributed by atoms with van der Waals surface area (Å²) in [6.07, 6.45) is 14.1. The number of carbonyl (C=O) groups is 2. The van der Waals surface area contributed by atoms with Crippen molar-refractivity contribution in [2.75, 3.05) is 0 Å². The van der Waals surface area contributed by atoms with Gasteiger partial charge in [0.2, 0.25) is 0 Å². The Morgan fingerprint density at radius 1 is 0.722 bits per heavy atom. The number of unbranched alkanes of at least 4 members (excludes halogenated alkanes) is 4. The molecule has 2 heteroatoms. The Hall–Kier alpha value is -1.18. The van der Waals surface area contributed by atoms with E-state index in [2.05, 4.69) is 13.8 Å². The summed E-state index contributed by atoms with van der Waals surface area (Å²) in [7, 11) is 0. The molecule has 0 bridgehead atoms. The Kier molecular flexibility index (Phi) is 11.5. The van der Waals surface area contributed by atoms with Gasteiger partial charge in [-0.2, -0.15) is 0 Å². The van der Waals surface area contributed by atoms with Crippen LogP contribution in [-0.4, -0.2) is 11.6 Å². The summed E-state index contributed by atoms with van der Waals surface area (Å²) in [5.74, 6) is 0.290. The largest absolute Gasteiger partial charge is 0.295 e. The van der Waals surface area contributed by atoms with Gasteiger partial charge in [-0.15, -0.1) is 0 Å². The van der Waals surface area contributed by atoms with Gasteiger partial charge in [0.15, 0.2) is 11.6 Å². The third kappa shape index (κ3) is 11.3. The minimum absolute atomic E-state index is 0.145. The molecule has 0 aromatic carbocycles. The van der Waals surface area contributed by atoms with Gasteiger partial charge in [-0.05, 0) is 25.0 Å². The molecule has 0 aromatic rings. The van der Waals surface area contributed by atoms with Crippen molar-refractivity contribution < 1.29 is 9.59 Å². The number of carbonyl (C=O) groups excluding carboxylic acids is 2. The number of rotatable bonds is 11. The Bertz CT molecular complexity index is 257. The molecule has 0 heterocycles. The second-order valence-electron chi connectivity index (χ2n) is 4.57. The van der Waals surface area contributed by atoms with Crippen molar-refractivity contribution >= 4 is 11.6 Å². The topological polar surface area (TPSA) is 34.1 Å². The van der Waals surface area contributed by atoms with Crippen LogP contribution in [0.5, 0.6) is 0 Å². The van der Waals surface area contributed by atoms with Gasteiger partial charge in [0, 0.05) is 12.8 Å². The second kappa shape index (κ2) is 12.3. The van der Waals surface area contributed by atoms with Crippen LogP contribution in [0.3, 0.4) is 0 Å². The highest BCUT2D eigenvalue weighted by Crippen LogP contribution is 2.01. The van der Waals surface area contributed by atoms with E-state index >= 15 is 0 Å². The molecule has 0 N–H and O–H groups in total. The molecule has 0 saturated heterocycles. The quantitative estimate of drug-likeness (QED) is 0.309. The predicted octanol–water partition coefficient (Wildman–Crippen LogP) is 4.40. The van der Waals surface area contributed by atoms with Crippen LogP contribution in [0.4, 0.5) is 0 Å². The van der Waals surface area contributed by atoms with E-state index in [-0.39, 0.29) is 11.6 Å². The summed E-state index contributed by atoms with van der Waals surface area (Å²) in [4.78, 5) is 22.7. The highest BCUT2D eigenvalue weighted by Gasteiger charge is 1.96. The van der Waals surface area contributed by atoms with E-state index in [0.717, 1.165) is 38.5 Å². The highest BCUT2D eigenvalue weighted by molar-refractivity contribution is 5.91. The van der Waals surface area contributed by atoms with Crippen molar-refractivity contribution in [3.8, 4) is 0 Å². The summed E-state index contributed by atoms with van der Waals surface area (Å²) in [5.41, 5.74) is 0. The lowest BCUT2D eigenvalue weighted by molar-refractivity contribution is -0.115. The van der Waals surface area contributed by atoms with Gasteiger partial charge in [-0.3, -0.25) is 9.59 Å². The summed E-state index contributed by atoms with van der Waals surface area (Å²) in [6, 6.07) is 0. The highest BCUT2D eigenvalue weighted by atomic mass is 16.1. The van der Waals surface area contributed by atoms with Gasteiger partial charge >= 0.3 is 0 Å². The van der Waals surface area contributed by atoms with Crippen LogP contribution in [0.15, 0.2) is 24.3 Å². The third-order valence-electron chi connectivity index (χ3n) is 2.73. The average molecular weight is 250 g/mol. The number of allylic oxidation sites excluding steroid dienone is 4. The average Bonchev–Trinajstić information content (AvgIpc) is 2.35. The van der Waals surface area contributed by atoms with E-state index in [0.29, 0.717) is 12.8 Å². The molecule has 0 saturated carbocycles. The van der Waals surface area contributed by atoms with Gasteiger partial charge in [0.25, 0.3) is 0 Å². The van der Waals surface area contributed by atoms with Crippen LogP contribution in [0.2, 0.25) is 0 Å². The number of hydrogen-bond acceptors (Lipinski definition) is 2. The molecule has 0 rings (SSSR count). The fraction of sp³-hybridized carbons (Fsp3) is 0.625. The molecule has 0 atom stereocenters. The van der Waals surface area contributed by atoms with Crippen LogP contribution >= 0.6 is 0 Å².